The van der Waals surface area contributed by atoms with Gasteiger partial charge in [0.2, 0.25) is 5.91 Å². The second-order valence-electron chi connectivity index (χ2n) is 5.21. The molecule has 1 N–H and O–H groups in total. The van der Waals surface area contributed by atoms with Crippen molar-refractivity contribution in [2.24, 2.45) is 5.92 Å². The average molecular weight is 295 g/mol. The summed E-state index contributed by atoms with van der Waals surface area (Å²) < 4.78 is 0.989. The van der Waals surface area contributed by atoms with E-state index in [4.69, 9.17) is 0 Å². The monoisotopic (exact) mass is 295 g/mol. The molecule has 1 aromatic carbocycles. The number of rotatable bonds is 3. The summed E-state index contributed by atoms with van der Waals surface area (Å²) in [6, 6.07) is 12.1. The van der Waals surface area contributed by atoms with Crippen molar-refractivity contribution in [3.05, 3.63) is 54.4 Å². The third-order valence-electron chi connectivity index (χ3n) is 3.78. The summed E-state index contributed by atoms with van der Waals surface area (Å²) in [5, 5.41) is 3.59. The van der Waals surface area contributed by atoms with Crippen LogP contribution in [-0.4, -0.2) is 15.9 Å². The van der Waals surface area contributed by atoms with E-state index < -0.39 is 0 Å². The summed E-state index contributed by atoms with van der Waals surface area (Å²) in [4.78, 5) is 20.7. The van der Waals surface area contributed by atoms with Crippen molar-refractivity contribution in [3.8, 4) is 0 Å². The Morgan fingerprint density at radius 2 is 2.10 bits per heavy atom. The molecule has 3 aromatic rings. The minimum Gasteiger partial charge on any atom is -0.302 e. The van der Waals surface area contributed by atoms with Gasteiger partial charge in [0.05, 0.1) is 10.2 Å². The quantitative estimate of drug-likeness (QED) is 0.805. The second kappa shape index (κ2) is 4.93. The Morgan fingerprint density at radius 3 is 2.90 bits per heavy atom. The molecule has 0 radical (unpaired) electrons. The normalized spacial score (nSPS) is 20.4. The maximum Gasteiger partial charge on any atom is 0.229 e. The number of amides is 1. The highest BCUT2D eigenvalue weighted by molar-refractivity contribution is 7.22. The van der Waals surface area contributed by atoms with E-state index >= 15 is 0 Å². The van der Waals surface area contributed by atoms with Crippen LogP contribution in [0.1, 0.15) is 17.9 Å². The van der Waals surface area contributed by atoms with Gasteiger partial charge in [-0.05, 0) is 24.0 Å². The maximum absolute atomic E-state index is 12.3. The zero-order valence-electron chi connectivity index (χ0n) is 11.2. The highest BCUT2D eigenvalue weighted by Crippen LogP contribution is 2.48. The van der Waals surface area contributed by atoms with E-state index in [0.717, 1.165) is 16.6 Å². The molecular weight excluding hydrogens is 282 g/mol. The molecule has 0 bridgehead atoms. The van der Waals surface area contributed by atoms with Gasteiger partial charge in [-0.15, -0.1) is 0 Å². The summed E-state index contributed by atoms with van der Waals surface area (Å²) in [7, 11) is 0. The fourth-order valence-electron chi connectivity index (χ4n) is 2.58. The molecular formula is C16H13N3OS. The van der Waals surface area contributed by atoms with Gasteiger partial charge < -0.3 is 5.32 Å². The number of nitrogens with zero attached hydrogens (tertiary/aromatic N) is 2. The molecule has 0 saturated heterocycles. The summed E-state index contributed by atoms with van der Waals surface area (Å²) in [6.07, 6.45) is 4.40. The molecule has 104 valence electrons. The Balaban J connectivity index is 1.47. The van der Waals surface area contributed by atoms with Crippen LogP contribution >= 0.6 is 11.3 Å². The molecule has 2 unspecified atom stereocenters. The highest BCUT2D eigenvalue weighted by atomic mass is 32.1. The molecule has 4 nitrogen and oxygen atoms in total. The predicted molar refractivity (Wildman–Crippen MR) is 83.3 cm³/mol. The van der Waals surface area contributed by atoms with Crippen LogP contribution in [0, 0.1) is 5.92 Å². The summed E-state index contributed by atoms with van der Waals surface area (Å²) in [6.45, 7) is 0. The molecule has 2 aromatic heterocycles. The molecule has 1 saturated carbocycles. The fraction of sp³-hybridized carbons (Fsp3) is 0.188. The first-order valence-corrected chi connectivity index (χ1v) is 7.69. The van der Waals surface area contributed by atoms with Crippen LogP contribution in [0.5, 0.6) is 0 Å². The van der Waals surface area contributed by atoms with Crippen molar-refractivity contribution in [1.82, 2.24) is 9.97 Å². The number of pyridine rings is 1. The smallest absolute Gasteiger partial charge is 0.229 e. The van der Waals surface area contributed by atoms with Crippen molar-refractivity contribution >= 4 is 32.6 Å². The first-order valence-electron chi connectivity index (χ1n) is 6.87. The minimum absolute atomic E-state index is 0.0656. The van der Waals surface area contributed by atoms with E-state index in [1.807, 2.05) is 24.3 Å². The van der Waals surface area contributed by atoms with Gasteiger partial charge in [-0.25, -0.2) is 4.98 Å². The van der Waals surface area contributed by atoms with Crippen LogP contribution in [0.3, 0.4) is 0 Å². The Hall–Kier alpha value is -2.27. The number of anilines is 1. The van der Waals surface area contributed by atoms with Gasteiger partial charge >= 0.3 is 0 Å². The van der Waals surface area contributed by atoms with Crippen molar-refractivity contribution < 1.29 is 4.79 Å². The van der Waals surface area contributed by atoms with Crippen molar-refractivity contribution in [1.29, 1.82) is 0 Å². The molecule has 0 spiro atoms. The zero-order valence-corrected chi connectivity index (χ0v) is 12.0. The number of carbonyl (C=O) groups excluding carboxylic acids is 1. The van der Waals surface area contributed by atoms with Crippen LogP contribution in [0.25, 0.3) is 10.2 Å². The minimum atomic E-state index is 0.0656. The predicted octanol–water partition coefficient (Wildman–Crippen LogP) is 3.43. The third kappa shape index (κ3) is 2.40. The molecule has 21 heavy (non-hydrogen) atoms. The Bertz CT molecular complexity index is 766. The molecule has 5 heteroatoms. The lowest BCUT2D eigenvalue weighted by molar-refractivity contribution is -0.117. The van der Waals surface area contributed by atoms with E-state index in [-0.39, 0.29) is 11.8 Å². The zero-order chi connectivity index (χ0) is 14.2. The van der Waals surface area contributed by atoms with E-state index in [1.54, 1.807) is 12.4 Å². The van der Waals surface area contributed by atoms with Gasteiger partial charge in [-0.2, -0.15) is 0 Å². The molecule has 2 heterocycles. The fourth-order valence-corrected chi connectivity index (χ4v) is 3.42. The molecule has 2 atom stereocenters. The average Bonchev–Trinajstić information content (AvgIpc) is 3.22. The second-order valence-corrected chi connectivity index (χ2v) is 6.24. The molecule has 1 aliphatic rings. The molecule has 0 aliphatic heterocycles. The topological polar surface area (TPSA) is 54.9 Å². The van der Waals surface area contributed by atoms with Crippen molar-refractivity contribution in [2.75, 3.05) is 5.32 Å². The summed E-state index contributed by atoms with van der Waals surface area (Å²) in [5.74, 6) is 0.482. The first kappa shape index (κ1) is 12.5. The van der Waals surface area contributed by atoms with E-state index in [2.05, 4.69) is 27.4 Å². The van der Waals surface area contributed by atoms with Crippen LogP contribution < -0.4 is 5.32 Å². The third-order valence-corrected chi connectivity index (χ3v) is 4.70. The van der Waals surface area contributed by atoms with Gasteiger partial charge in [0, 0.05) is 18.3 Å². The van der Waals surface area contributed by atoms with E-state index in [0.29, 0.717) is 11.0 Å². The Labute approximate surface area is 125 Å². The van der Waals surface area contributed by atoms with Crippen molar-refractivity contribution in [3.63, 3.8) is 0 Å². The van der Waals surface area contributed by atoms with Gasteiger partial charge in [0.1, 0.15) is 0 Å². The van der Waals surface area contributed by atoms with Crippen LogP contribution in [0.15, 0.2) is 48.8 Å². The molecule has 1 aliphatic carbocycles. The SMILES string of the molecule is O=C(Nc1nc2ccncc2s1)C1CC1c1ccccc1. The van der Waals surface area contributed by atoms with Gasteiger partial charge in [-0.1, -0.05) is 41.7 Å². The van der Waals surface area contributed by atoms with E-state index in [9.17, 15) is 4.79 Å². The lowest BCUT2D eigenvalue weighted by atomic mass is 10.1. The van der Waals surface area contributed by atoms with Crippen LogP contribution in [-0.2, 0) is 4.79 Å². The van der Waals surface area contributed by atoms with Crippen molar-refractivity contribution in [2.45, 2.75) is 12.3 Å². The number of aromatic nitrogens is 2. The van der Waals surface area contributed by atoms with Gasteiger partial charge in [-0.3, -0.25) is 9.78 Å². The first-order chi connectivity index (χ1) is 10.3. The number of thiazole rings is 1. The van der Waals surface area contributed by atoms with E-state index in [1.165, 1.54) is 16.9 Å². The standard InChI is InChI=1S/C16H13N3OS/c20-15(12-8-11(12)10-4-2-1-3-5-10)19-16-18-13-6-7-17-9-14(13)21-16/h1-7,9,11-12H,8H2,(H,18,19,20). The number of nitrogens with one attached hydrogen (secondary N) is 1. The van der Waals surface area contributed by atoms with Crippen LogP contribution in [0.2, 0.25) is 0 Å². The number of hydrogen-bond donors (Lipinski definition) is 1. The number of fused-ring (bicyclic) bond motifs is 1. The number of benzene rings is 1. The molecule has 4 rings (SSSR count). The highest BCUT2D eigenvalue weighted by Gasteiger charge is 2.44. The molecule has 1 fully saturated rings. The van der Waals surface area contributed by atoms with Gasteiger partial charge in [0.25, 0.3) is 0 Å². The lowest BCUT2D eigenvalue weighted by Gasteiger charge is -2.01. The Kier molecular flexibility index (Phi) is 2.93. The Morgan fingerprint density at radius 1 is 1.24 bits per heavy atom. The van der Waals surface area contributed by atoms with Crippen LogP contribution in [0.4, 0.5) is 5.13 Å². The largest absolute Gasteiger partial charge is 0.302 e. The maximum atomic E-state index is 12.3. The summed E-state index contributed by atoms with van der Waals surface area (Å²) >= 11 is 1.46. The molecule has 1 amide bonds. The number of carbonyl (C=O) groups is 1. The summed E-state index contributed by atoms with van der Waals surface area (Å²) in [5.41, 5.74) is 2.12. The number of hydrogen-bond acceptors (Lipinski definition) is 4. The van der Waals surface area contributed by atoms with Gasteiger partial charge in [0.15, 0.2) is 5.13 Å². The lowest BCUT2D eigenvalue weighted by Crippen LogP contribution is -2.14.